The molecular weight excluding hydrogens is 568 g/mol. The minimum Gasteiger partial charge on any atom is -0.390 e. The van der Waals surface area contributed by atoms with Crippen molar-refractivity contribution in [3.63, 3.8) is 0 Å². The Morgan fingerprint density at radius 2 is 1.56 bits per heavy atom. The lowest BCUT2D eigenvalue weighted by molar-refractivity contribution is -0.194. The van der Waals surface area contributed by atoms with Gasteiger partial charge in [0.15, 0.2) is 28.5 Å². The van der Waals surface area contributed by atoms with Crippen molar-refractivity contribution in [2.24, 2.45) is 39.4 Å². The molecule has 5 rings (SSSR count). The van der Waals surface area contributed by atoms with Gasteiger partial charge in [0, 0.05) is 11.5 Å². The molecule has 0 saturated heterocycles. The summed E-state index contributed by atoms with van der Waals surface area (Å²) >= 11 is 0. The van der Waals surface area contributed by atoms with Gasteiger partial charge in [0.25, 0.3) is 0 Å². The number of hydrogen-bond donors (Lipinski definition) is 3. The van der Waals surface area contributed by atoms with E-state index < -0.39 is 80.4 Å². The molecule has 1 aromatic rings. The fourth-order valence-corrected chi connectivity index (χ4v) is 8.90. The second kappa shape index (κ2) is 11.2. The lowest BCUT2D eigenvalue weighted by atomic mass is 9.36. The smallest absolute Gasteiger partial charge is 0.184 e. The molecule has 4 fully saturated rings. The number of fused-ring (bicyclic) bond motifs is 1. The van der Waals surface area contributed by atoms with Crippen LogP contribution in [0.2, 0.25) is 0 Å². The summed E-state index contributed by atoms with van der Waals surface area (Å²) in [4.78, 5) is 61.5. The molecule has 0 heterocycles. The maximum atomic E-state index is 15.6. The second-order valence-corrected chi connectivity index (χ2v) is 16.2. The molecule has 1 unspecified atom stereocenters. The van der Waals surface area contributed by atoms with Gasteiger partial charge in [-0.3, -0.25) is 19.2 Å². The highest BCUT2D eigenvalue weighted by Gasteiger charge is 2.84. The maximum absolute atomic E-state index is 15.6. The van der Waals surface area contributed by atoms with Crippen LogP contribution in [0.15, 0.2) is 54.1 Å². The van der Waals surface area contributed by atoms with Crippen molar-refractivity contribution in [3.8, 4) is 0 Å². The van der Waals surface area contributed by atoms with E-state index in [4.69, 9.17) is 0 Å². The van der Waals surface area contributed by atoms with Crippen LogP contribution in [0.4, 0.5) is 0 Å². The molecule has 45 heavy (non-hydrogen) atoms. The molecule has 4 bridgehead atoms. The first-order chi connectivity index (χ1) is 20.5. The summed E-state index contributed by atoms with van der Waals surface area (Å²) in [6.07, 6.45) is 0.952. The summed E-state index contributed by atoms with van der Waals surface area (Å²) in [6, 6.07) is 8.16. The standard InChI is InChI=1S/C38H52O7/c1-22(2)16-17-25(23(3)4)19-36-20-26-18-27(34(7,8)44)38(31(36)42,29(40)24-14-12-11-13-15-24)32(43)37(30(36)41,33(26,5)6)21-28(39)35(9,10)45/h11-16,25-28,39,44-45H,3,17-21H2,1-2,4-10H3/t25-,26+,27-,28?,36-,37+,38-/m0/s1. The van der Waals surface area contributed by atoms with E-state index in [1.807, 2.05) is 40.7 Å². The lowest BCUT2D eigenvalue weighted by Crippen LogP contribution is -2.76. The highest BCUT2D eigenvalue weighted by atomic mass is 16.3. The number of carbonyl (C=O) groups excluding carboxylic acids is 4. The van der Waals surface area contributed by atoms with E-state index in [9.17, 15) is 15.3 Å². The molecule has 0 aliphatic heterocycles. The molecule has 4 aliphatic rings. The SMILES string of the molecule is C=C(C)[C@@H](CC=C(C)C)C[C@@]12C[C@H]3C[C@@H](C(C)(C)O)[C@](C(=O)c4ccccc4)(C1=O)C(=O)[C@@](CC(O)C(C)(C)O)(C2=O)C3(C)C. The van der Waals surface area contributed by atoms with Gasteiger partial charge in [-0.15, -0.1) is 0 Å². The zero-order valence-electron chi connectivity index (χ0n) is 28.5. The number of hydrogen-bond acceptors (Lipinski definition) is 7. The van der Waals surface area contributed by atoms with Gasteiger partial charge < -0.3 is 15.3 Å². The van der Waals surface area contributed by atoms with Crippen LogP contribution < -0.4 is 0 Å². The van der Waals surface area contributed by atoms with Crippen LogP contribution in [0.25, 0.3) is 0 Å². The molecule has 7 nitrogen and oxygen atoms in total. The van der Waals surface area contributed by atoms with E-state index in [1.165, 1.54) is 27.7 Å². The van der Waals surface area contributed by atoms with Crippen molar-refractivity contribution >= 4 is 23.1 Å². The normalized spacial score (nSPS) is 32.2. The van der Waals surface area contributed by atoms with Crippen molar-refractivity contribution in [3.05, 3.63) is 59.7 Å². The molecule has 0 spiro atoms. The predicted octanol–water partition coefficient (Wildman–Crippen LogP) is 5.85. The molecular formula is C38H52O7. The van der Waals surface area contributed by atoms with Gasteiger partial charge in [-0.1, -0.05) is 68.0 Å². The first-order valence-corrected chi connectivity index (χ1v) is 16.2. The molecule has 1 aromatic carbocycles. The Balaban J connectivity index is 2.16. The Hall–Kier alpha value is -2.74. The zero-order chi connectivity index (χ0) is 34.1. The van der Waals surface area contributed by atoms with Crippen molar-refractivity contribution < 1.29 is 34.5 Å². The van der Waals surface area contributed by atoms with E-state index in [2.05, 4.69) is 6.58 Å². The number of aliphatic hydroxyl groups is 3. The first-order valence-electron chi connectivity index (χ1n) is 16.2. The summed E-state index contributed by atoms with van der Waals surface area (Å²) in [5.41, 5.74) is -8.55. The largest absolute Gasteiger partial charge is 0.390 e. The topological polar surface area (TPSA) is 129 Å². The summed E-state index contributed by atoms with van der Waals surface area (Å²) in [7, 11) is 0. The molecule has 7 heteroatoms. The van der Waals surface area contributed by atoms with Crippen LogP contribution in [0, 0.1) is 39.4 Å². The minimum absolute atomic E-state index is 0.0619. The van der Waals surface area contributed by atoms with E-state index >= 15 is 19.2 Å². The third kappa shape index (κ3) is 5.05. The lowest BCUT2D eigenvalue weighted by Gasteiger charge is -2.62. The second-order valence-electron chi connectivity index (χ2n) is 16.2. The van der Waals surface area contributed by atoms with Gasteiger partial charge in [0.05, 0.1) is 28.1 Å². The quantitative estimate of drug-likeness (QED) is 0.161. The molecule has 246 valence electrons. The fraction of sp³-hybridized carbons (Fsp3) is 0.632. The molecule has 4 aliphatic carbocycles. The Labute approximate surface area is 268 Å². The van der Waals surface area contributed by atoms with Gasteiger partial charge >= 0.3 is 0 Å². The van der Waals surface area contributed by atoms with Crippen molar-refractivity contribution in [2.75, 3.05) is 0 Å². The number of Topliss-reactive ketones (excluding diaryl/α,β-unsaturated/α-hetero) is 4. The first kappa shape index (κ1) is 35.1. The molecule has 7 atom stereocenters. The zero-order valence-corrected chi connectivity index (χ0v) is 28.5. The number of allylic oxidation sites excluding steroid dienone is 3. The fourth-order valence-electron chi connectivity index (χ4n) is 8.90. The predicted molar refractivity (Wildman–Crippen MR) is 173 cm³/mol. The van der Waals surface area contributed by atoms with Crippen LogP contribution in [-0.2, 0) is 14.4 Å². The van der Waals surface area contributed by atoms with Crippen molar-refractivity contribution in [1.29, 1.82) is 0 Å². The van der Waals surface area contributed by atoms with Gasteiger partial charge in [0.2, 0.25) is 0 Å². The van der Waals surface area contributed by atoms with E-state index in [-0.39, 0.29) is 30.7 Å². The molecule has 0 amide bonds. The van der Waals surface area contributed by atoms with E-state index in [0.29, 0.717) is 6.42 Å². The number of aliphatic hydroxyl groups excluding tert-OH is 1. The highest BCUT2D eigenvalue weighted by molar-refractivity contribution is 6.42. The summed E-state index contributed by atoms with van der Waals surface area (Å²) in [5, 5.41) is 34.2. The summed E-state index contributed by atoms with van der Waals surface area (Å²) < 4.78 is 0. The highest BCUT2D eigenvalue weighted by Crippen LogP contribution is 2.73. The van der Waals surface area contributed by atoms with Gasteiger partial charge in [-0.2, -0.15) is 0 Å². The Bertz CT molecular complexity index is 1430. The maximum Gasteiger partial charge on any atom is 0.184 e. The van der Waals surface area contributed by atoms with Gasteiger partial charge in [-0.25, -0.2) is 0 Å². The van der Waals surface area contributed by atoms with Crippen LogP contribution in [0.3, 0.4) is 0 Å². The van der Waals surface area contributed by atoms with Gasteiger partial charge in [0.1, 0.15) is 0 Å². The summed E-state index contributed by atoms with van der Waals surface area (Å²) in [5.74, 6) is -4.75. The minimum atomic E-state index is -2.38. The van der Waals surface area contributed by atoms with Crippen LogP contribution >= 0.6 is 0 Å². The Kier molecular flexibility index (Phi) is 8.74. The average molecular weight is 621 g/mol. The number of carbonyl (C=O) groups is 4. The van der Waals surface area contributed by atoms with Crippen LogP contribution in [0.1, 0.15) is 105 Å². The molecule has 4 saturated carbocycles. The Morgan fingerprint density at radius 3 is 2.04 bits per heavy atom. The van der Waals surface area contributed by atoms with Crippen molar-refractivity contribution in [2.45, 2.75) is 112 Å². The van der Waals surface area contributed by atoms with Crippen LogP contribution in [0.5, 0.6) is 0 Å². The van der Waals surface area contributed by atoms with E-state index in [0.717, 1.165) is 11.1 Å². The Morgan fingerprint density at radius 1 is 0.978 bits per heavy atom. The van der Waals surface area contributed by atoms with Gasteiger partial charge in [-0.05, 0) is 97.8 Å². The van der Waals surface area contributed by atoms with E-state index in [1.54, 1.807) is 30.3 Å². The average Bonchev–Trinajstić information content (AvgIpc) is 3.06. The molecule has 0 radical (unpaired) electrons. The number of rotatable bonds is 11. The molecule has 3 N–H and O–H groups in total. The summed E-state index contributed by atoms with van der Waals surface area (Å²) in [6.45, 7) is 19.5. The van der Waals surface area contributed by atoms with Crippen molar-refractivity contribution in [1.82, 2.24) is 0 Å². The number of ketones is 4. The number of benzene rings is 1. The van der Waals surface area contributed by atoms with Crippen LogP contribution in [-0.4, -0.2) is 55.8 Å². The third-order valence-electron chi connectivity index (χ3n) is 11.8. The monoisotopic (exact) mass is 620 g/mol. The third-order valence-corrected chi connectivity index (χ3v) is 11.8. The molecule has 0 aromatic heterocycles.